The monoisotopic (exact) mass is 650 g/mol. The Morgan fingerprint density at radius 2 is 1.35 bits per heavy atom. The highest BCUT2D eigenvalue weighted by Gasteiger charge is 2.42. The first-order chi connectivity index (χ1) is 21.8. The molecule has 242 valence electrons. The molecule has 5 N–H and O–H groups in total. The summed E-state index contributed by atoms with van der Waals surface area (Å²) in [7, 11) is -4.45. The second-order valence-corrected chi connectivity index (χ2v) is 12.7. The zero-order valence-corrected chi connectivity index (χ0v) is 25.9. The fourth-order valence-corrected chi connectivity index (χ4v) is 5.80. The molecule has 0 radical (unpaired) electrons. The van der Waals surface area contributed by atoms with Gasteiger partial charge < -0.3 is 10.6 Å². The van der Waals surface area contributed by atoms with Crippen LogP contribution in [0.5, 0.6) is 0 Å². The van der Waals surface area contributed by atoms with E-state index in [0.717, 1.165) is 17.0 Å². The smallest absolute Gasteiger partial charge is 0.294 e. The van der Waals surface area contributed by atoms with Gasteiger partial charge in [-0.1, -0.05) is 56.3 Å². The lowest BCUT2D eigenvalue weighted by Gasteiger charge is -2.30. The largest absolute Gasteiger partial charge is 0.344 e. The van der Waals surface area contributed by atoms with Crippen molar-refractivity contribution in [2.75, 3.05) is 11.9 Å². The van der Waals surface area contributed by atoms with E-state index in [9.17, 15) is 42.2 Å². The van der Waals surface area contributed by atoms with Crippen LogP contribution < -0.4 is 16.1 Å². The van der Waals surface area contributed by atoms with Crippen molar-refractivity contribution < 1.29 is 42.2 Å². The Kier molecular flexibility index (Phi) is 10.7. The molecule has 0 saturated carbocycles. The molecule has 14 heteroatoms. The van der Waals surface area contributed by atoms with E-state index in [-0.39, 0.29) is 40.5 Å². The molecule has 1 unspecified atom stereocenters. The summed E-state index contributed by atoms with van der Waals surface area (Å²) in [5.41, 5.74) is 2.75. The summed E-state index contributed by atoms with van der Waals surface area (Å²) in [6, 6.07) is 18.5. The van der Waals surface area contributed by atoms with Crippen LogP contribution in [0.2, 0.25) is 0 Å². The molecule has 1 aliphatic rings. The molecule has 0 aromatic heterocycles. The van der Waals surface area contributed by atoms with Crippen molar-refractivity contribution in [3.63, 3.8) is 0 Å². The second-order valence-electron chi connectivity index (χ2n) is 11.3. The van der Waals surface area contributed by atoms with Gasteiger partial charge in [-0.2, -0.15) is 8.42 Å². The van der Waals surface area contributed by atoms with Crippen LogP contribution >= 0.6 is 0 Å². The van der Waals surface area contributed by atoms with Crippen molar-refractivity contribution >= 4 is 45.3 Å². The standard InChI is InChI=1S/C32H34N4O9S/c1-19(2)16-25(26(29(38)35-42)18-36-31(40)23-10-6-7-11-24(23)32(36)41)28(37)34-27(17-20-8-4-3-5-9-20)30(39)33-21-12-14-22(15-13-21)46(43,44)45/h3-15,19,25-27,42H,16-18H2,1-2H3,(H,33,39)(H,34,37)(H,35,38)(H,43,44,45)/t25-,26?,27-/m1/s1. The number of imide groups is 1. The number of anilines is 1. The van der Waals surface area contributed by atoms with E-state index in [0.29, 0.717) is 5.56 Å². The first-order valence-corrected chi connectivity index (χ1v) is 15.9. The number of fused-ring (bicyclic) bond motifs is 1. The van der Waals surface area contributed by atoms with E-state index < -0.39 is 64.1 Å². The van der Waals surface area contributed by atoms with Gasteiger partial charge in [0.15, 0.2) is 0 Å². The van der Waals surface area contributed by atoms with Crippen molar-refractivity contribution in [1.29, 1.82) is 0 Å². The average Bonchev–Trinajstić information content (AvgIpc) is 3.26. The minimum Gasteiger partial charge on any atom is -0.344 e. The Morgan fingerprint density at radius 1 is 0.783 bits per heavy atom. The van der Waals surface area contributed by atoms with Crippen LogP contribution in [0.4, 0.5) is 5.69 Å². The Hall–Kier alpha value is -4.92. The van der Waals surface area contributed by atoms with Gasteiger partial charge in [-0.3, -0.25) is 38.6 Å². The number of nitrogens with zero attached hydrogens (tertiary/aromatic N) is 1. The molecule has 1 aliphatic heterocycles. The number of nitrogens with one attached hydrogen (secondary N) is 3. The van der Waals surface area contributed by atoms with Crippen LogP contribution in [0, 0.1) is 17.8 Å². The van der Waals surface area contributed by atoms with Gasteiger partial charge in [-0.15, -0.1) is 0 Å². The predicted molar refractivity (Wildman–Crippen MR) is 165 cm³/mol. The van der Waals surface area contributed by atoms with E-state index >= 15 is 0 Å². The summed E-state index contributed by atoms with van der Waals surface area (Å²) in [4.78, 5) is 67.2. The van der Waals surface area contributed by atoms with E-state index in [2.05, 4.69) is 10.6 Å². The van der Waals surface area contributed by atoms with E-state index in [1.807, 2.05) is 0 Å². The first-order valence-electron chi connectivity index (χ1n) is 14.4. The number of carbonyl (C=O) groups excluding carboxylic acids is 5. The SMILES string of the molecule is CC(C)C[C@@H](C(=O)N[C@H](Cc1ccccc1)C(=O)Nc1ccc(S(=O)(=O)O)cc1)C(CN1C(=O)c2ccccc2C1=O)C(=O)NO. The molecule has 0 aliphatic carbocycles. The minimum atomic E-state index is -4.45. The number of amides is 5. The summed E-state index contributed by atoms with van der Waals surface area (Å²) in [6.45, 7) is 3.11. The topological polar surface area (TPSA) is 199 Å². The zero-order valence-electron chi connectivity index (χ0n) is 25.0. The maximum absolute atomic E-state index is 14.0. The predicted octanol–water partition coefficient (Wildman–Crippen LogP) is 2.68. The van der Waals surface area contributed by atoms with Crippen molar-refractivity contribution in [1.82, 2.24) is 15.7 Å². The number of benzene rings is 3. The van der Waals surface area contributed by atoms with Gasteiger partial charge in [0, 0.05) is 18.7 Å². The number of hydroxylamine groups is 1. The molecule has 46 heavy (non-hydrogen) atoms. The van der Waals surface area contributed by atoms with Crippen LogP contribution in [0.3, 0.4) is 0 Å². The molecule has 3 aromatic carbocycles. The fourth-order valence-electron chi connectivity index (χ4n) is 5.32. The third-order valence-corrected chi connectivity index (χ3v) is 8.46. The van der Waals surface area contributed by atoms with Crippen LogP contribution in [0.15, 0.2) is 83.8 Å². The van der Waals surface area contributed by atoms with Gasteiger partial charge in [-0.25, -0.2) is 5.48 Å². The summed E-state index contributed by atoms with van der Waals surface area (Å²) in [5, 5.41) is 14.9. The van der Waals surface area contributed by atoms with Gasteiger partial charge in [0.25, 0.3) is 21.9 Å². The zero-order chi connectivity index (χ0) is 33.6. The van der Waals surface area contributed by atoms with Gasteiger partial charge in [0.1, 0.15) is 6.04 Å². The highest BCUT2D eigenvalue weighted by molar-refractivity contribution is 7.85. The molecule has 3 atom stereocenters. The normalized spacial score (nSPS) is 14.8. The van der Waals surface area contributed by atoms with E-state index in [4.69, 9.17) is 0 Å². The quantitative estimate of drug-likeness (QED) is 0.0799. The number of carbonyl (C=O) groups is 5. The van der Waals surface area contributed by atoms with Crippen LogP contribution in [-0.4, -0.2) is 65.2 Å². The van der Waals surface area contributed by atoms with E-state index in [1.165, 1.54) is 24.3 Å². The molecule has 0 fully saturated rings. The maximum Gasteiger partial charge on any atom is 0.294 e. The lowest BCUT2D eigenvalue weighted by atomic mass is 9.83. The Balaban J connectivity index is 1.62. The Labute approximate surface area is 265 Å². The molecule has 3 aromatic rings. The molecule has 13 nitrogen and oxygen atoms in total. The van der Waals surface area contributed by atoms with Gasteiger partial charge in [0.05, 0.1) is 27.9 Å². The van der Waals surface area contributed by atoms with Crippen molar-refractivity contribution in [2.24, 2.45) is 17.8 Å². The lowest BCUT2D eigenvalue weighted by molar-refractivity contribution is -0.141. The van der Waals surface area contributed by atoms with Crippen LogP contribution in [0.25, 0.3) is 0 Å². The molecule has 0 spiro atoms. The van der Waals surface area contributed by atoms with Gasteiger partial charge in [0.2, 0.25) is 17.7 Å². The van der Waals surface area contributed by atoms with Crippen LogP contribution in [-0.2, 0) is 30.9 Å². The minimum absolute atomic E-state index is 0.0329. The molecule has 0 bridgehead atoms. The fraction of sp³-hybridized carbons (Fsp3) is 0.281. The first kappa shape index (κ1) is 34.0. The molecule has 4 rings (SSSR count). The Morgan fingerprint density at radius 3 is 1.87 bits per heavy atom. The highest BCUT2D eigenvalue weighted by atomic mass is 32.2. The van der Waals surface area contributed by atoms with E-state index in [1.54, 1.807) is 61.8 Å². The number of hydrogen-bond acceptors (Lipinski definition) is 8. The summed E-state index contributed by atoms with van der Waals surface area (Å²) in [5.74, 6) is -6.36. The Bertz CT molecular complexity index is 1690. The highest BCUT2D eigenvalue weighted by Crippen LogP contribution is 2.28. The third kappa shape index (κ3) is 8.02. The van der Waals surface area contributed by atoms with Gasteiger partial charge >= 0.3 is 0 Å². The number of rotatable bonds is 13. The summed E-state index contributed by atoms with van der Waals surface area (Å²) < 4.78 is 32.1. The van der Waals surface area contributed by atoms with Crippen molar-refractivity contribution in [3.8, 4) is 0 Å². The van der Waals surface area contributed by atoms with Crippen LogP contribution in [0.1, 0.15) is 46.5 Å². The molecule has 0 saturated heterocycles. The maximum atomic E-state index is 14.0. The molecular weight excluding hydrogens is 616 g/mol. The second kappa shape index (κ2) is 14.5. The molecule has 5 amide bonds. The molecule has 1 heterocycles. The average molecular weight is 651 g/mol. The third-order valence-electron chi connectivity index (χ3n) is 7.59. The van der Waals surface area contributed by atoms with Gasteiger partial charge in [-0.05, 0) is 54.3 Å². The number of hydrogen-bond donors (Lipinski definition) is 5. The van der Waals surface area contributed by atoms with Crippen molar-refractivity contribution in [3.05, 3.63) is 95.6 Å². The lowest BCUT2D eigenvalue weighted by Crippen LogP contribution is -2.52. The summed E-state index contributed by atoms with van der Waals surface area (Å²) >= 11 is 0. The van der Waals surface area contributed by atoms with Crippen molar-refractivity contribution in [2.45, 2.75) is 37.6 Å². The summed E-state index contributed by atoms with van der Waals surface area (Å²) in [6.07, 6.45) is 0.134. The molecular formula is C32H34N4O9S.